The Morgan fingerprint density at radius 3 is 2.04 bits per heavy atom. The average Bonchev–Trinajstić information content (AvgIpc) is 3.16. The molecule has 0 fully saturated rings. The fraction of sp³-hybridized carbons (Fsp3) is 0.238. The zero-order chi connectivity index (χ0) is 36.7. The molecule has 5 aromatic carbocycles. The molecule has 10 nitrogen and oxygen atoms in total. The molecule has 0 aliphatic rings. The van der Waals surface area contributed by atoms with Crippen molar-refractivity contribution in [2.75, 3.05) is 6.54 Å². The lowest BCUT2D eigenvalue weighted by Crippen LogP contribution is -2.34. The van der Waals surface area contributed by atoms with Crippen LogP contribution in [0.3, 0.4) is 0 Å². The largest absolute Gasteiger partial charge is 0.508 e. The van der Waals surface area contributed by atoms with Crippen LogP contribution in [0.25, 0.3) is 0 Å². The zero-order valence-corrected chi connectivity index (χ0v) is 29.2. The Balaban J connectivity index is 0.990. The number of para-hydroxylation sites is 1. The quantitative estimate of drug-likeness (QED) is 0.0648. The van der Waals surface area contributed by atoms with Gasteiger partial charge in [0.05, 0.1) is 19.1 Å². The first-order valence-electron chi connectivity index (χ1n) is 17.3. The summed E-state index contributed by atoms with van der Waals surface area (Å²) in [5.41, 5.74) is 5.80. The molecule has 5 rings (SSSR count). The van der Waals surface area contributed by atoms with Crippen molar-refractivity contribution in [3.63, 3.8) is 0 Å². The van der Waals surface area contributed by atoms with Crippen molar-refractivity contribution in [1.82, 2.24) is 21.3 Å². The number of carbonyl (C=O) groups excluding carboxylic acids is 2. The molecule has 0 spiro atoms. The van der Waals surface area contributed by atoms with Crippen molar-refractivity contribution in [2.45, 2.75) is 58.2 Å². The van der Waals surface area contributed by atoms with Gasteiger partial charge >= 0.3 is 6.03 Å². The molecule has 10 heteroatoms. The minimum Gasteiger partial charge on any atom is -0.508 e. The number of carbonyl (C=O) groups is 2. The van der Waals surface area contributed by atoms with E-state index in [0.29, 0.717) is 49.5 Å². The number of amides is 3. The van der Waals surface area contributed by atoms with Crippen LogP contribution in [0.5, 0.6) is 17.2 Å². The fourth-order valence-corrected chi connectivity index (χ4v) is 5.66. The lowest BCUT2D eigenvalue weighted by molar-refractivity contribution is -0.120. The topological polar surface area (TPSA) is 152 Å². The third kappa shape index (κ3) is 12.0. The van der Waals surface area contributed by atoms with Gasteiger partial charge in [-0.05, 0) is 83.1 Å². The molecule has 0 heterocycles. The number of aliphatic hydroxyl groups excluding tert-OH is 2. The molecular weight excluding hydrogens is 656 g/mol. The number of urea groups is 1. The van der Waals surface area contributed by atoms with Crippen LogP contribution in [0.15, 0.2) is 121 Å². The van der Waals surface area contributed by atoms with Gasteiger partial charge in [-0.15, -0.1) is 0 Å². The third-order valence-electron chi connectivity index (χ3n) is 8.51. The highest BCUT2D eigenvalue weighted by molar-refractivity contribution is 5.78. The number of benzene rings is 5. The number of ether oxygens (including phenoxy) is 1. The molecule has 0 aliphatic heterocycles. The normalized spacial score (nSPS) is 12.1. The number of hydrogen-bond donors (Lipinski definition) is 7. The van der Waals surface area contributed by atoms with Gasteiger partial charge in [-0.1, -0.05) is 84.9 Å². The summed E-state index contributed by atoms with van der Waals surface area (Å²) >= 11 is 0. The first kappa shape index (κ1) is 37.6. The molecule has 0 saturated carbocycles. The first-order valence-corrected chi connectivity index (χ1v) is 17.3. The van der Waals surface area contributed by atoms with E-state index in [0.717, 1.165) is 33.6 Å². The minimum absolute atomic E-state index is 0.000526. The number of hydrogen-bond acceptors (Lipinski definition) is 7. The Morgan fingerprint density at radius 1 is 0.673 bits per heavy atom. The summed E-state index contributed by atoms with van der Waals surface area (Å²) in [5.74, 6) is 1.37. The molecule has 5 aromatic rings. The van der Waals surface area contributed by atoms with E-state index in [1.165, 1.54) is 6.07 Å². The van der Waals surface area contributed by atoms with Gasteiger partial charge in [-0.2, -0.15) is 0 Å². The van der Waals surface area contributed by atoms with Crippen molar-refractivity contribution < 1.29 is 29.6 Å². The highest BCUT2D eigenvalue weighted by Crippen LogP contribution is 2.23. The van der Waals surface area contributed by atoms with Gasteiger partial charge < -0.3 is 41.3 Å². The fourth-order valence-electron chi connectivity index (χ4n) is 5.66. The molecule has 0 aromatic heterocycles. The van der Waals surface area contributed by atoms with E-state index < -0.39 is 6.10 Å². The average molecular weight is 703 g/mol. The molecule has 7 N–H and O–H groups in total. The Bertz CT molecular complexity index is 1900. The number of nitrogens with one attached hydrogen (secondary N) is 4. The van der Waals surface area contributed by atoms with Gasteiger partial charge in [-0.25, -0.2) is 4.79 Å². The second-order valence-electron chi connectivity index (χ2n) is 12.8. The number of phenols is 1. The summed E-state index contributed by atoms with van der Waals surface area (Å²) in [4.78, 5) is 25.2. The minimum atomic E-state index is -0.787. The van der Waals surface area contributed by atoms with Crippen molar-refractivity contribution >= 4 is 11.9 Å². The molecule has 0 unspecified atom stereocenters. The van der Waals surface area contributed by atoms with Crippen LogP contribution in [0.4, 0.5) is 4.79 Å². The van der Waals surface area contributed by atoms with E-state index in [-0.39, 0.29) is 36.8 Å². The van der Waals surface area contributed by atoms with Crippen LogP contribution < -0.4 is 26.0 Å². The van der Waals surface area contributed by atoms with Gasteiger partial charge in [-0.3, -0.25) is 4.79 Å². The molecule has 3 amide bonds. The summed E-state index contributed by atoms with van der Waals surface area (Å²) in [5, 5.41) is 41.8. The summed E-state index contributed by atoms with van der Waals surface area (Å²) in [6.45, 7) is 3.16. The van der Waals surface area contributed by atoms with Crippen LogP contribution in [0.2, 0.25) is 0 Å². The second-order valence-corrected chi connectivity index (χ2v) is 12.8. The summed E-state index contributed by atoms with van der Waals surface area (Å²) in [6, 6.07) is 37.3. The van der Waals surface area contributed by atoms with Crippen LogP contribution >= 0.6 is 0 Å². The Morgan fingerprint density at radius 2 is 1.31 bits per heavy atom. The maximum atomic E-state index is 12.8. The van der Waals surface area contributed by atoms with E-state index in [1.54, 1.807) is 12.1 Å². The van der Waals surface area contributed by atoms with E-state index in [4.69, 9.17) is 4.74 Å². The maximum absolute atomic E-state index is 12.8. The third-order valence-corrected chi connectivity index (χ3v) is 8.51. The second kappa shape index (κ2) is 19.1. The summed E-state index contributed by atoms with van der Waals surface area (Å²) < 4.78 is 5.87. The molecule has 270 valence electrons. The zero-order valence-electron chi connectivity index (χ0n) is 29.2. The van der Waals surface area contributed by atoms with Gasteiger partial charge in [0, 0.05) is 37.8 Å². The smallest absolute Gasteiger partial charge is 0.315 e. The molecule has 0 radical (unpaired) electrons. The molecule has 0 aliphatic carbocycles. The van der Waals surface area contributed by atoms with Gasteiger partial charge in [0.25, 0.3) is 0 Å². The van der Waals surface area contributed by atoms with Gasteiger partial charge in [0.1, 0.15) is 17.2 Å². The molecule has 52 heavy (non-hydrogen) atoms. The van der Waals surface area contributed by atoms with E-state index in [9.17, 15) is 24.9 Å². The van der Waals surface area contributed by atoms with Crippen molar-refractivity contribution in [3.8, 4) is 17.2 Å². The molecule has 0 bridgehead atoms. The maximum Gasteiger partial charge on any atom is 0.315 e. The Hall–Kier alpha value is -5.68. The van der Waals surface area contributed by atoms with Crippen LogP contribution in [0.1, 0.15) is 52.0 Å². The van der Waals surface area contributed by atoms with Crippen LogP contribution in [0, 0.1) is 0 Å². The number of rotatable bonds is 17. The molecular formula is C42H46N4O6. The highest BCUT2D eigenvalue weighted by atomic mass is 16.5. The van der Waals surface area contributed by atoms with Gasteiger partial charge in [0.2, 0.25) is 5.91 Å². The Labute approximate surface area is 304 Å². The van der Waals surface area contributed by atoms with E-state index >= 15 is 0 Å². The number of aromatic hydroxyl groups is 1. The molecule has 0 saturated heterocycles. The number of aliphatic hydroxyl groups is 2. The first-order chi connectivity index (χ1) is 25.2. The molecule has 2 atom stereocenters. The van der Waals surface area contributed by atoms with E-state index in [2.05, 4.69) is 21.3 Å². The van der Waals surface area contributed by atoms with Crippen molar-refractivity contribution in [1.29, 1.82) is 0 Å². The standard InChI is InChI=1S/C42H46N4O6/c1-29(43-27-40(49)35-17-18-39(48)36(23-35)28-47)19-32-7-5-8-33(20-32)22-41(50)44-24-30-13-15-31(16-14-30)25-45-42(51)46-26-34-9-6-12-38(21-34)52-37-10-3-2-4-11-37/h2-18,20-21,23,29,40,43,47-49H,19,22,24-28H2,1H3,(H,44,50)(H2,45,46,51)/t29-,40-/m1/s1. The predicted octanol–water partition coefficient (Wildman–Crippen LogP) is 5.79. The Kier molecular flexibility index (Phi) is 13.8. The van der Waals surface area contributed by atoms with Crippen LogP contribution in [-0.4, -0.2) is 39.8 Å². The highest BCUT2D eigenvalue weighted by Gasteiger charge is 2.13. The van der Waals surface area contributed by atoms with Crippen molar-refractivity contribution in [3.05, 3.63) is 160 Å². The lowest BCUT2D eigenvalue weighted by Gasteiger charge is -2.18. The van der Waals surface area contributed by atoms with Gasteiger partial charge in [0.15, 0.2) is 0 Å². The SMILES string of the molecule is C[C@H](Cc1cccc(CC(=O)NCc2ccc(CNC(=O)NCc3cccc(Oc4ccccc4)c3)cc2)c1)NC[C@@H](O)c1ccc(O)c(CO)c1. The van der Waals surface area contributed by atoms with E-state index in [1.807, 2.05) is 110 Å². The predicted molar refractivity (Wildman–Crippen MR) is 201 cm³/mol. The van der Waals surface area contributed by atoms with Crippen LogP contribution in [-0.2, 0) is 43.9 Å². The van der Waals surface area contributed by atoms with Crippen molar-refractivity contribution in [2.24, 2.45) is 0 Å². The summed E-state index contributed by atoms with van der Waals surface area (Å²) in [7, 11) is 0. The lowest BCUT2D eigenvalue weighted by atomic mass is 10.0. The summed E-state index contributed by atoms with van der Waals surface area (Å²) in [6.07, 6.45) is 0.176. The monoisotopic (exact) mass is 702 g/mol.